The lowest BCUT2D eigenvalue weighted by Crippen LogP contribution is -2.50. The number of carbonyl (C=O) groups is 4. The number of aromatic amines is 1. The predicted molar refractivity (Wildman–Crippen MR) is 222 cm³/mol. The number of rotatable bonds is 12. The van der Waals surface area contributed by atoms with Crippen molar-refractivity contribution < 1.29 is 99.8 Å². The van der Waals surface area contributed by atoms with E-state index in [2.05, 4.69) is 26.6 Å². The summed E-state index contributed by atoms with van der Waals surface area (Å²) in [7, 11) is -12.5. The Morgan fingerprint density at radius 2 is 1.00 bits per heavy atom. The lowest BCUT2D eigenvalue weighted by atomic mass is 9.66. The molecule has 4 bridgehead atoms. The van der Waals surface area contributed by atoms with Gasteiger partial charge in [0.25, 0.3) is 0 Å². The number of pyridine rings is 1. The molecular weight excluding hydrogens is 984 g/mol. The van der Waals surface area contributed by atoms with Gasteiger partial charge in [-0.1, -0.05) is 52.0 Å². The van der Waals surface area contributed by atoms with Crippen LogP contribution in [0, 0.1) is 27.5 Å². The maximum atomic E-state index is 13.4. The summed E-state index contributed by atoms with van der Waals surface area (Å²) in [6, 6.07) is 22.6. The fourth-order valence-corrected chi connectivity index (χ4v) is 9.63. The van der Waals surface area contributed by atoms with E-state index in [1.807, 2.05) is 60.9 Å². The predicted octanol–water partition coefficient (Wildman–Crippen LogP) is 5.81. The number of esters is 4. The van der Waals surface area contributed by atoms with E-state index < -0.39 is 113 Å². The Balaban J connectivity index is 0.000000215. The van der Waals surface area contributed by atoms with Crippen molar-refractivity contribution in [3.05, 3.63) is 91.0 Å². The zero-order valence-electron chi connectivity index (χ0n) is 37.1. The van der Waals surface area contributed by atoms with Gasteiger partial charge in [-0.05, 0) is 75.9 Å². The number of alkyl halides is 6. The maximum absolute atomic E-state index is 13.4. The molecule has 0 amide bonds. The molecule has 2 aromatic carbocycles. The smallest absolute Gasteiger partial charge is 0.368 e. The average Bonchev–Trinajstić information content (AvgIpc) is 3.74. The molecule has 3 heterocycles. The highest BCUT2D eigenvalue weighted by atomic mass is 32.2. The molecule has 25 heteroatoms. The van der Waals surface area contributed by atoms with Gasteiger partial charge in [-0.2, -0.15) is 17.6 Å². The molecule has 4 aliphatic rings. The number of ether oxygens (including phenoxy) is 4. The fraction of sp³-hybridized carbons (Fsp3) is 0.512. The molecule has 3 aromatic rings. The molecule has 1 N–H and O–H groups in total. The maximum Gasteiger partial charge on any atom is 0.368 e. The van der Waals surface area contributed by atoms with E-state index in [1.54, 1.807) is 41.5 Å². The van der Waals surface area contributed by atoms with Crippen LogP contribution in [-0.4, -0.2) is 97.1 Å². The van der Waals surface area contributed by atoms with Gasteiger partial charge in [0, 0.05) is 34.7 Å². The zero-order chi connectivity index (χ0) is 51.6. The van der Waals surface area contributed by atoms with Crippen molar-refractivity contribution in [1.29, 1.82) is 0 Å². The van der Waals surface area contributed by atoms with Crippen molar-refractivity contribution in [3.8, 4) is 0 Å². The third-order valence-corrected chi connectivity index (χ3v) is 16.3. The van der Waals surface area contributed by atoms with E-state index >= 15 is 0 Å². The summed E-state index contributed by atoms with van der Waals surface area (Å²) in [5.41, 5.74) is -7.55. The van der Waals surface area contributed by atoms with E-state index in [9.17, 15) is 75.9 Å². The summed E-state index contributed by atoms with van der Waals surface area (Å²) >= 11 is 1.12. The molecule has 2 aliphatic heterocycles. The van der Waals surface area contributed by atoms with Gasteiger partial charge < -0.3 is 28.1 Å². The first-order valence-electron chi connectivity index (χ1n) is 20.3. The minimum atomic E-state index is -6.26. The first kappa shape index (κ1) is 55.7. The second-order valence-corrected chi connectivity index (χ2v) is 21.7. The molecule has 68 heavy (non-hydrogen) atoms. The van der Waals surface area contributed by atoms with E-state index in [0.717, 1.165) is 16.7 Å². The van der Waals surface area contributed by atoms with Crippen molar-refractivity contribution in [2.24, 2.45) is 21.7 Å². The number of fused-ring (bicyclic) bond motifs is 4. The Hall–Kier alpha value is -4.85. The molecule has 7 rings (SSSR count). The molecule has 4 fully saturated rings. The van der Waals surface area contributed by atoms with Gasteiger partial charge in [0.15, 0.2) is 42.4 Å². The van der Waals surface area contributed by atoms with Crippen molar-refractivity contribution in [2.75, 3.05) is 13.2 Å². The first-order valence-corrected chi connectivity index (χ1v) is 24.0. The molecule has 6 unspecified atom stereocenters. The number of aromatic nitrogens is 1. The van der Waals surface area contributed by atoms with E-state index in [-0.39, 0.29) is 31.5 Å². The molecule has 376 valence electrons. The largest absolute Gasteiger partial charge is 0.743 e. The van der Waals surface area contributed by atoms with Crippen LogP contribution >= 0.6 is 0 Å². The van der Waals surface area contributed by atoms with Crippen LogP contribution in [0.5, 0.6) is 0 Å². The zero-order valence-corrected chi connectivity index (χ0v) is 39.6. The Morgan fingerprint density at radius 1 is 0.647 bits per heavy atom. The van der Waals surface area contributed by atoms with Crippen LogP contribution in [0.1, 0.15) is 67.2 Å². The third-order valence-electron chi connectivity index (χ3n) is 13.4. The van der Waals surface area contributed by atoms with E-state index in [4.69, 9.17) is 9.47 Å². The average molecular weight is 1030 g/mol. The number of carbonyl (C=O) groups excluding carboxylic acids is 4. The number of hydrogen-bond donors (Lipinski definition) is 0. The minimum absolute atomic E-state index is 0.0638. The Labute approximate surface area is 391 Å². The van der Waals surface area contributed by atoms with Gasteiger partial charge in [0.1, 0.15) is 19.0 Å². The Bertz CT molecular complexity index is 2400. The summed E-state index contributed by atoms with van der Waals surface area (Å²) in [6.45, 7) is 6.14. The Kier molecular flexibility index (Phi) is 16.3. The lowest BCUT2D eigenvalue weighted by molar-refractivity contribution is -0.378. The number of benzene rings is 2. The third kappa shape index (κ3) is 10.2. The second-order valence-electron chi connectivity index (χ2n) is 17.5. The molecule has 2 saturated heterocycles. The van der Waals surface area contributed by atoms with Crippen molar-refractivity contribution in [3.63, 3.8) is 0 Å². The van der Waals surface area contributed by atoms with E-state index in [0.29, 0.717) is 0 Å². The quantitative estimate of drug-likeness (QED) is 0.0520. The molecule has 0 radical (unpaired) electrons. The van der Waals surface area contributed by atoms with Gasteiger partial charge in [-0.3, -0.25) is 9.59 Å². The molecule has 2 aliphatic carbocycles. The number of halogens is 7. The summed E-state index contributed by atoms with van der Waals surface area (Å²) < 4.78 is 173. The van der Waals surface area contributed by atoms with E-state index in [1.165, 1.54) is 17.0 Å². The number of nitrogens with one attached hydrogen (secondary N) is 1. The number of hydrogen-bond acceptors (Lipinski definition) is 14. The van der Waals surface area contributed by atoms with Gasteiger partial charge in [0.05, 0.1) is 10.8 Å². The monoisotopic (exact) mass is 1030 g/mol. The van der Waals surface area contributed by atoms with Crippen LogP contribution in [0.15, 0.2) is 95.0 Å². The van der Waals surface area contributed by atoms with Crippen molar-refractivity contribution >= 4 is 55.9 Å². The fourth-order valence-electron chi connectivity index (χ4n) is 7.95. The molecule has 0 spiro atoms. The number of H-pyrrole nitrogens is 1. The van der Waals surface area contributed by atoms with Gasteiger partial charge >= 0.3 is 34.4 Å². The highest BCUT2D eigenvalue weighted by Crippen LogP contribution is 2.67. The normalized spacial score (nSPS) is 26.2. The van der Waals surface area contributed by atoms with Crippen LogP contribution in [-0.2, 0) is 70.1 Å². The summed E-state index contributed by atoms with van der Waals surface area (Å²) in [5, 5.41) is -10.5. The summed E-state index contributed by atoms with van der Waals surface area (Å²) in [4.78, 5) is 53.7. The van der Waals surface area contributed by atoms with Crippen molar-refractivity contribution in [2.45, 2.75) is 111 Å². The molecular formula is C43H48F7NO14S3. The number of thiol groups is 1. The topological polar surface area (TPSA) is 234 Å². The van der Waals surface area contributed by atoms with Gasteiger partial charge in [-0.15, -0.1) is 0 Å². The molecule has 2 saturated carbocycles. The van der Waals surface area contributed by atoms with Crippen LogP contribution in [0.3, 0.4) is 0 Å². The molecule has 1 aromatic heterocycles. The lowest BCUT2D eigenvalue weighted by Gasteiger charge is -2.34. The first-order chi connectivity index (χ1) is 31.1. The van der Waals surface area contributed by atoms with Gasteiger partial charge in [-0.25, -0.2) is 44.6 Å². The summed E-state index contributed by atoms with van der Waals surface area (Å²) in [6.07, 6.45) is -2.61. The standard InChI is InChI=1S/2C13H17F3O7S.C12H9FS.C5H5N/c2*1-10(2)11(3)4-5-12(10,23-8(11)17)9(18)22-6-7(14)13(15,16)24(19,20)21;13-10-6-8-12(9-7-10)14-11-4-2-1-3-5-11;1-2-4-6-5-3-1/h2*7H,4-6H2,1-3H3,(H,19,20,21);1-9H;1-5H. The molecule has 15 nitrogen and oxygen atoms in total. The highest BCUT2D eigenvalue weighted by Gasteiger charge is 2.77. The SMILES string of the molecule is CC12CCC(C(=O)OCC(F)C(F)(F)S(=O)(=O)[O-])(OC1=O)C2(C)C.CC12CCC(C(=O)OCC(F)C(F)(F)S(=O)(=O)[O-])(OC1=O)C2(C)C.Fc1ccc([SH+]c2ccccc2)cc1.c1cc[nH+]cc1. The summed E-state index contributed by atoms with van der Waals surface area (Å²) in [5.74, 6) is -3.98. The second kappa shape index (κ2) is 19.9. The highest BCUT2D eigenvalue weighted by molar-refractivity contribution is 7.87. The van der Waals surface area contributed by atoms with Crippen LogP contribution in [0.25, 0.3) is 0 Å². The van der Waals surface area contributed by atoms with Crippen LogP contribution in [0.4, 0.5) is 30.7 Å². The van der Waals surface area contributed by atoms with Crippen molar-refractivity contribution in [1.82, 2.24) is 0 Å². The van der Waals surface area contributed by atoms with Crippen LogP contribution < -0.4 is 4.98 Å². The van der Waals surface area contributed by atoms with Gasteiger partial charge in [0.2, 0.25) is 23.5 Å². The molecule has 6 atom stereocenters. The van der Waals surface area contributed by atoms with Crippen LogP contribution in [0.2, 0.25) is 0 Å². The Morgan fingerprint density at radius 3 is 1.28 bits per heavy atom. The minimum Gasteiger partial charge on any atom is -0.743 e.